The molecule has 0 N–H and O–H groups in total. The number of hydrogen-bond acceptors (Lipinski definition) is 2. The van der Waals surface area contributed by atoms with Gasteiger partial charge in [0.25, 0.3) is 0 Å². The van der Waals surface area contributed by atoms with E-state index in [4.69, 9.17) is 0 Å². The molecule has 142 valence electrons. The summed E-state index contributed by atoms with van der Waals surface area (Å²) in [4.78, 5) is 26.6. The van der Waals surface area contributed by atoms with Gasteiger partial charge in [0.2, 0.25) is 11.8 Å². The van der Waals surface area contributed by atoms with Crippen molar-refractivity contribution in [3.8, 4) is 0 Å². The Morgan fingerprint density at radius 2 is 1.48 bits per heavy atom. The van der Waals surface area contributed by atoms with Gasteiger partial charge in [-0.3, -0.25) is 9.59 Å². The highest BCUT2D eigenvalue weighted by molar-refractivity contribution is 5.82. The summed E-state index contributed by atoms with van der Waals surface area (Å²) >= 11 is 0. The minimum Gasteiger partial charge on any atom is -0.336 e. The quantitative estimate of drug-likeness (QED) is 0.670. The topological polar surface area (TPSA) is 40.6 Å². The van der Waals surface area contributed by atoms with Crippen LogP contribution < -0.4 is 0 Å². The Hall–Kier alpha value is -1.20. The fraction of sp³-hybridized carbons (Fsp3) is 0.895. The highest BCUT2D eigenvalue weighted by Gasteiger charge is 2.52. The molecule has 2 amide bonds. The molecule has 8 atom stereocenters. The molecule has 4 heterocycles. The fourth-order valence-corrected chi connectivity index (χ4v) is 5.00. The Kier molecular flexibility index (Phi) is 4.61. The van der Waals surface area contributed by atoms with E-state index in [9.17, 15) is 18.4 Å². The van der Waals surface area contributed by atoms with Crippen LogP contribution in [0.4, 0.5) is 8.78 Å². The highest BCUT2D eigenvalue weighted by atomic mass is 19.1. The molecule has 0 saturated carbocycles. The van der Waals surface area contributed by atoms with Crippen molar-refractivity contribution in [1.82, 2.24) is 9.80 Å². The monoisotopic (exact) mass is 356 g/mol. The minimum atomic E-state index is -1.16. The molecule has 0 bridgehead atoms. The van der Waals surface area contributed by atoms with Gasteiger partial charge >= 0.3 is 0 Å². The van der Waals surface area contributed by atoms with E-state index in [2.05, 4.69) is 6.92 Å². The molecule has 4 aliphatic heterocycles. The van der Waals surface area contributed by atoms with Crippen molar-refractivity contribution in [2.75, 3.05) is 13.1 Å². The summed E-state index contributed by atoms with van der Waals surface area (Å²) in [5, 5.41) is 0. The van der Waals surface area contributed by atoms with Gasteiger partial charge < -0.3 is 9.80 Å². The van der Waals surface area contributed by atoms with Crippen LogP contribution in [0.5, 0.6) is 0 Å². The second-order valence-corrected chi connectivity index (χ2v) is 8.84. The highest BCUT2D eigenvalue weighted by Crippen LogP contribution is 2.42. The second kappa shape index (κ2) is 6.20. The zero-order chi connectivity index (χ0) is 18.7. The smallest absolute Gasteiger partial charge is 0.226 e. The van der Waals surface area contributed by atoms with Crippen LogP contribution in [0, 0.1) is 23.7 Å². The lowest BCUT2D eigenvalue weighted by atomic mass is 9.89. The van der Waals surface area contributed by atoms with Gasteiger partial charge in [0.1, 0.15) is 11.8 Å². The third-order valence-electron chi connectivity index (χ3n) is 6.96. The number of rotatable bonds is 0. The standard InChI is InChI=1S/C10H16FNO.C9H14FNO/c1-6-7(2)9(13)12-5-10(3,11)4-8(6)12;1-5-6(2)9(12)11-4-7(10)3-8(5)11/h6-8H,4-5H2,1-3H3;5-8H,3-4H2,1-2H3/t6?,7?,8-,10?;5?,6?,7?,8-/m00/s1. The molecule has 4 saturated heterocycles. The summed E-state index contributed by atoms with van der Waals surface area (Å²) in [6.45, 7) is 10.2. The number of amides is 2. The Morgan fingerprint density at radius 3 is 2.00 bits per heavy atom. The van der Waals surface area contributed by atoms with Gasteiger partial charge in [-0.2, -0.15) is 0 Å². The zero-order valence-corrected chi connectivity index (χ0v) is 15.8. The predicted octanol–water partition coefficient (Wildman–Crippen LogP) is 2.81. The third kappa shape index (κ3) is 3.06. The molecule has 0 spiro atoms. The van der Waals surface area contributed by atoms with Crippen molar-refractivity contribution in [2.45, 2.75) is 71.4 Å². The second-order valence-electron chi connectivity index (χ2n) is 8.84. The summed E-state index contributed by atoms with van der Waals surface area (Å²) in [6.07, 6.45) is 0.287. The average molecular weight is 356 g/mol. The van der Waals surface area contributed by atoms with Crippen molar-refractivity contribution in [2.24, 2.45) is 23.7 Å². The Morgan fingerprint density at radius 1 is 0.960 bits per heavy atom. The summed E-state index contributed by atoms with van der Waals surface area (Å²) in [6, 6.07) is 0.333. The first-order valence-corrected chi connectivity index (χ1v) is 9.47. The molecular formula is C19H30F2N2O2. The van der Waals surface area contributed by atoms with E-state index >= 15 is 0 Å². The molecule has 4 aliphatic rings. The van der Waals surface area contributed by atoms with Crippen molar-refractivity contribution >= 4 is 11.8 Å². The van der Waals surface area contributed by atoms with Crippen LogP contribution in [-0.2, 0) is 9.59 Å². The molecule has 0 aliphatic carbocycles. The van der Waals surface area contributed by atoms with Crippen molar-refractivity contribution in [3.63, 3.8) is 0 Å². The number of halogens is 2. The predicted molar refractivity (Wildman–Crippen MR) is 91.3 cm³/mol. The lowest BCUT2D eigenvalue weighted by Crippen LogP contribution is -2.31. The van der Waals surface area contributed by atoms with Gasteiger partial charge in [-0.05, 0) is 18.8 Å². The van der Waals surface area contributed by atoms with Crippen LogP contribution in [0.15, 0.2) is 0 Å². The van der Waals surface area contributed by atoms with E-state index < -0.39 is 11.8 Å². The Balaban J connectivity index is 0.000000146. The van der Waals surface area contributed by atoms with Crippen LogP contribution in [-0.4, -0.2) is 58.6 Å². The molecule has 6 unspecified atom stereocenters. The first-order valence-electron chi connectivity index (χ1n) is 9.47. The maximum absolute atomic E-state index is 13.6. The number of fused-ring (bicyclic) bond motifs is 2. The summed E-state index contributed by atoms with van der Waals surface area (Å²) in [7, 11) is 0. The third-order valence-corrected chi connectivity index (χ3v) is 6.96. The minimum absolute atomic E-state index is 0.0844. The van der Waals surface area contributed by atoms with Gasteiger partial charge in [-0.25, -0.2) is 8.78 Å². The molecule has 6 heteroatoms. The van der Waals surface area contributed by atoms with Gasteiger partial charge in [0, 0.05) is 36.8 Å². The van der Waals surface area contributed by atoms with E-state index in [1.165, 1.54) is 0 Å². The first kappa shape index (κ1) is 18.6. The van der Waals surface area contributed by atoms with Crippen molar-refractivity contribution in [1.29, 1.82) is 0 Å². The van der Waals surface area contributed by atoms with E-state index in [1.807, 2.05) is 20.8 Å². The van der Waals surface area contributed by atoms with Crippen LogP contribution in [0.2, 0.25) is 0 Å². The number of hydrogen-bond donors (Lipinski definition) is 0. The zero-order valence-electron chi connectivity index (χ0n) is 15.8. The van der Waals surface area contributed by atoms with E-state index in [-0.39, 0.29) is 35.7 Å². The molecule has 25 heavy (non-hydrogen) atoms. The first-order chi connectivity index (χ1) is 11.5. The number of carbonyl (C=O) groups is 2. The maximum Gasteiger partial charge on any atom is 0.226 e. The number of alkyl halides is 2. The average Bonchev–Trinajstić information content (AvgIpc) is 3.19. The van der Waals surface area contributed by atoms with Gasteiger partial charge in [-0.1, -0.05) is 27.7 Å². The van der Waals surface area contributed by atoms with E-state index in [0.717, 1.165) is 0 Å². The van der Waals surface area contributed by atoms with Crippen LogP contribution >= 0.6 is 0 Å². The van der Waals surface area contributed by atoms with Crippen LogP contribution in [0.1, 0.15) is 47.5 Å². The summed E-state index contributed by atoms with van der Waals surface area (Å²) in [5.41, 5.74) is -1.16. The number of carbonyl (C=O) groups excluding carboxylic acids is 2. The largest absolute Gasteiger partial charge is 0.336 e. The van der Waals surface area contributed by atoms with Crippen LogP contribution in [0.25, 0.3) is 0 Å². The number of nitrogens with zero attached hydrogens (tertiary/aromatic N) is 2. The molecule has 0 aromatic carbocycles. The molecule has 0 aromatic heterocycles. The van der Waals surface area contributed by atoms with Crippen molar-refractivity contribution < 1.29 is 18.4 Å². The summed E-state index contributed by atoms with van der Waals surface area (Å²) in [5.74, 6) is 1.11. The SMILES string of the molecule is CC1C(=O)N2CC(C)(F)C[C@H]2C1C.CC1C(=O)N2CC(F)C[C@H]2C1C. The maximum atomic E-state index is 13.6. The van der Waals surface area contributed by atoms with Gasteiger partial charge in [0.15, 0.2) is 0 Å². The lowest BCUT2D eigenvalue weighted by molar-refractivity contribution is -0.131. The van der Waals surface area contributed by atoms with E-state index in [0.29, 0.717) is 37.8 Å². The van der Waals surface area contributed by atoms with Crippen molar-refractivity contribution in [3.05, 3.63) is 0 Å². The molecule has 4 rings (SSSR count). The van der Waals surface area contributed by atoms with Crippen LogP contribution in [0.3, 0.4) is 0 Å². The molecule has 0 radical (unpaired) electrons. The van der Waals surface area contributed by atoms with E-state index in [1.54, 1.807) is 16.7 Å². The molecule has 4 nitrogen and oxygen atoms in total. The van der Waals surface area contributed by atoms with Gasteiger partial charge in [-0.15, -0.1) is 0 Å². The normalized spacial score (nSPS) is 48.5. The Labute approximate surface area is 148 Å². The molecular weight excluding hydrogens is 326 g/mol. The molecule has 0 aromatic rings. The summed E-state index contributed by atoms with van der Waals surface area (Å²) < 4.78 is 26.5. The lowest BCUT2D eigenvalue weighted by Gasteiger charge is -2.16. The Bertz CT molecular complexity index is 568. The van der Waals surface area contributed by atoms with Gasteiger partial charge in [0.05, 0.1) is 13.1 Å². The fourth-order valence-electron chi connectivity index (χ4n) is 5.00. The molecule has 4 fully saturated rings.